The highest BCUT2D eigenvalue weighted by Crippen LogP contribution is 2.27. The largest absolute Gasteiger partial charge is 0.345 e. The molecule has 1 aromatic heterocycles. The summed E-state index contributed by atoms with van der Waals surface area (Å²) in [7, 11) is 1.97. The summed E-state index contributed by atoms with van der Waals surface area (Å²) in [5.41, 5.74) is 1.17. The van der Waals surface area contributed by atoms with Crippen LogP contribution in [0.15, 0.2) is 5.38 Å². The molecule has 1 atom stereocenters. The van der Waals surface area contributed by atoms with Crippen molar-refractivity contribution in [2.75, 3.05) is 18.5 Å². The molecule has 16 heavy (non-hydrogen) atoms. The first-order valence-electron chi connectivity index (χ1n) is 6.17. The minimum atomic E-state index is 0.649. The number of anilines is 1. The van der Waals surface area contributed by atoms with Gasteiger partial charge in [0.25, 0.3) is 0 Å². The zero-order valence-corrected chi connectivity index (χ0v) is 11.0. The van der Waals surface area contributed by atoms with E-state index in [1.165, 1.54) is 43.1 Å². The van der Waals surface area contributed by atoms with Crippen molar-refractivity contribution in [2.24, 2.45) is 0 Å². The van der Waals surface area contributed by atoms with Gasteiger partial charge in [-0.15, -0.1) is 11.3 Å². The molecule has 1 unspecified atom stereocenters. The third-order valence-corrected chi connectivity index (χ3v) is 4.12. The lowest BCUT2D eigenvalue weighted by atomic mass is 10.1. The van der Waals surface area contributed by atoms with Gasteiger partial charge in [0.1, 0.15) is 0 Å². The SMILES string of the molecule is CNCc1csc(N2CCCCCC2C)n1. The summed E-state index contributed by atoms with van der Waals surface area (Å²) in [4.78, 5) is 7.18. The van der Waals surface area contributed by atoms with Crippen LogP contribution in [0.5, 0.6) is 0 Å². The predicted molar refractivity (Wildman–Crippen MR) is 70.2 cm³/mol. The van der Waals surface area contributed by atoms with Gasteiger partial charge in [0.15, 0.2) is 5.13 Å². The van der Waals surface area contributed by atoms with Crippen LogP contribution in [0.4, 0.5) is 5.13 Å². The highest BCUT2D eigenvalue weighted by molar-refractivity contribution is 7.13. The predicted octanol–water partition coefficient (Wildman–Crippen LogP) is 2.63. The monoisotopic (exact) mass is 239 g/mol. The first-order valence-corrected chi connectivity index (χ1v) is 7.05. The Hall–Kier alpha value is -0.610. The van der Waals surface area contributed by atoms with E-state index in [4.69, 9.17) is 4.98 Å². The molecule has 0 aliphatic carbocycles. The molecular weight excluding hydrogens is 218 g/mol. The van der Waals surface area contributed by atoms with Crippen LogP contribution in [0, 0.1) is 0 Å². The lowest BCUT2D eigenvalue weighted by Gasteiger charge is -2.26. The van der Waals surface area contributed by atoms with Crippen LogP contribution in [-0.4, -0.2) is 24.6 Å². The Morgan fingerprint density at radius 1 is 1.50 bits per heavy atom. The summed E-state index contributed by atoms with van der Waals surface area (Å²) >= 11 is 1.78. The molecule has 0 bridgehead atoms. The summed E-state index contributed by atoms with van der Waals surface area (Å²) in [6, 6.07) is 0.649. The second-order valence-electron chi connectivity index (χ2n) is 4.54. The summed E-state index contributed by atoms with van der Waals surface area (Å²) in [6.45, 7) is 4.37. The smallest absolute Gasteiger partial charge is 0.185 e. The molecule has 1 saturated heterocycles. The number of thiazole rings is 1. The Kier molecular flexibility index (Phi) is 4.18. The normalized spacial score (nSPS) is 22.1. The van der Waals surface area contributed by atoms with E-state index in [9.17, 15) is 0 Å². The highest BCUT2D eigenvalue weighted by Gasteiger charge is 2.19. The quantitative estimate of drug-likeness (QED) is 0.879. The molecule has 0 saturated carbocycles. The molecule has 0 spiro atoms. The molecule has 0 amide bonds. The average Bonchev–Trinajstić information content (AvgIpc) is 2.61. The van der Waals surface area contributed by atoms with E-state index in [-0.39, 0.29) is 0 Å². The Morgan fingerprint density at radius 2 is 2.38 bits per heavy atom. The molecule has 1 aliphatic heterocycles. The van der Waals surface area contributed by atoms with Crippen molar-refractivity contribution in [2.45, 2.75) is 45.2 Å². The fourth-order valence-corrected chi connectivity index (χ4v) is 3.20. The van der Waals surface area contributed by atoms with E-state index in [2.05, 4.69) is 22.5 Å². The number of hydrogen-bond donors (Lipinski definition) is 1. The van der Waals surface area contributed by atoms with E-state index in [0.717, 1.165) is 6.54 Å². The third-order valence-electron chi connectivity index (χ3n) is 3.20. The van der Waals surface area contributed by atoms with Crippen molar-refractivity contribution >= 4 is 16.5 Å². The van der Waals surface area contributed by atoms with E-state index in [0.29, 0.717) is 6.04 Å². The maximum absolute atomic E-state index is 4.70. The van der Waals surface area contributed by atoms with Crippen molar-refractivity contribution < 1.29 is 0 Å². The number of nitrogens with one attached hydrogen (secondary N) is 1. The van der Waals surface area contributed by atoms with Gasteiger partial charge in [-0.2, -0.15) is 0 Å². The number of nitrogens with zero attached hydrogens (tertiary/aromatic N) is 2. The van der Waals surface area contributed by atoms with Crippen LogP contribution in [0.3, 0.4) is 0 Å². The minimum Gasteiger partial charge on any atom is -0.345 e. The van der Waals surface area contributed by atoms with Crippen molar-refractivity contribution in [1.82, 2.24) is 10.3 Å². The van der Waals surface area contributed by atoms with Gasteiger partial charge in [-0.25, -0.2) is 4.98 Å². The van der Waals surface area contributed by atoms with E-state index >= 15 is 0 Å². The van der Waals surface area contributed by atoms with Gasteiger partial charge in [-0.05, 0) is 26.8 Å². The first-order chi connectivity index (χ1) is 7.81. The molecule has 1 N–H and O–H groups in total. The topological polar surface area (TPSA) is 28.2 Å². The molecule has 1 aliphatic rings. The third kappa shape index (κ3) is 2.74. The van der Waals surface area contributed by atoms with Gasteiger partial charge in [-0.1, -0.05) is 12.8 Å². The van der Waals surface area contributed by atoms with Crippen LogP contribution in [0.2, 0.25) is 0 Å². The van der Waals surface area contributed by atoms with E-state index in [1.807, 2.05) is 7.05 Å². The Morgan fingerprint density at radius 3 is 3.19 bits per heavy atom. The number of aromatic nitrogens is 1. The van der Waals surface area contributed by atoms with Gasteiger partial charge >= 0.3 is 0 Å². The molecule has 1 fully saturated rings. The van der Waals surface area contributed by atoms with E-state index < -0.39 is 0 Å². The molecule has 0 aromatic carbocycles. The van der Waals surface area contributed by atoms with Crippen LogP contribution < -0.4 is 10.2 Å². The van der Waals surface area contributed by atoms with Crippen LogP contribution in [-0.2, 0) is 6.54 Å². The summed E-state index contributed by atoms with van der Waals surface area (Å²) in [5.74, 6) is 0. The number of hydrogen-bond acceptors (Lipinski definition) is 4. The summed E-state index contributed by atoms with van der Waals surface area (Å²) < 4.78 is 0. The molecular formula is C12H21N3S. The maximum atomic E-state index is 4.70. The fraction of sp³-hybridized carbons (Fsp3) is 0.750. The minimum absolute atomic E-state index is 0.649. The second kappa shape index (κ2) is 5.64. The van der Waals surface area contributed by atoms with Gasteiger partial charge in [0.05, 0.1) is 5.69 Å². The molecule has 3 nitrogen and oxygen atoms in total. The van der Waals surface area contributed by atoms with Crippen LogP contribution in [0.1, 0.15) is 38.3 Å². The van der Waals surface area contributed by atoms with Crippen molar-refractivity contribution in [3.05, 3.63) is 11.1 Å². The number of rotatable bonds is 3. The maximum Gasteiger partial charge on any atom is 0.185 e. The molecule has 0 radical (unpaired) electrons. The average molecular weight is 239 g/mol. The highest BCUT2D eigenvalue weighted by atomic mass is 32.1. The fourth-order valence-electron chi connectivity index (χ4n) is 2.25. The van der Waals surface area contributed by atoms with Gasteiger partial charge < -0.3 is 10.2 Å². The standard InChI is InChI=1S/C12H21N3S/c1-10-6-4-3-5-7-15(10)12-14-11(8-13-2)9-16-12/h9-10,13H,3-8H2,1-2H3. The van der Waals surface area contributed by atoms with Crippen molar-refractivity contribution in [3.63, 3.8) is 0 Å². The lowest BCUT2D eigenvalue weighted by molar-refractivity contribution is 0.614. The Labute approximate surface area is 102 Å². The van der Waals surface area contributed by atoms with Gasteiger partial charge in [0.2, 0.25) is 0 Å². The Bertz CT molecular complexity index is 324. The zero-order valence-electron chi connectivity index (χ0n) is 10.2. The molecule has 4 heteroatoms. The van der Waals surface area contributed by atoms with Crippen molar-refractivity contribution in [3.8, 4) is 0 Å². The van der Waals surface area contributed by atoms with Gasteiger partial charge in [0, 0.05) is 24.5 Å². The lowest BCUT2D eigenvalue weighted by Crippen LogP contribution is -2.32. The molecule has 1 aromatic rings. The van der Waals surface area contributed by atoms with Crippen LogP contribution >= 0.6 is 11.3 Å². The second-order valence-corrected chi connectivity index (χ2v) is 5.38. The molecule has 2 rings (SSSR count). The Balaban J connectivity index is 2.08. The van der Waals surface area contributed by atoms with Crippen molar-refractivity contribution in [1.29, 1.82) is 0 Å². The zero-order chi connectivity index (χ0) is 11.4. The molecule has 2 heterocycles. The summed E-state index contributed by atoms with van der Waals surface area (Å²) in [5, 5.41) is 6.53. The van der Waals surface area contributed by atoms with E-state index in [1.54, 1.807) is 11.3 Å². The van der Waals surface area contributed by atoms with Crippen LogP contribution in [0.25, 0.3) is 0 Å². The molecule has 90 valence electrons. The van der Waals surface area contributed by atoms with Gasteiger partial charge in [-0.3, -0.25) is 0 Å². The first kappa shape index (κ1) is 11.9. The summed E-state index contributed by atoms with van der Waals surface area (Å²) in [6.07, 6.45) is 5.36.